The molecule has 4 heteroatoms. The molecule has 2 aromatic rings. The highest BCUT2D eigenvalue weighted by atomic mass is 16.5. The van der Waals surface area contributed by atoms with Crippen LogP contribution in [0.1, 0.15) is 30.9 Å². The zero-order valence-corrected chi connectivity index (χ0v) is 15.7. The van der Waals surface area contributed by atoms with E-state index in [2.05, 4.69) is 36.5 Å². The molecule has 3 rings (SSSR count). The molecular formula is C22H28N2O2. The number of carbonyl (C=O) groups excluding carboxylic acids is 1. The van der Waals surface area contributed by atoms with E-state index in [-0.39, 0.29) is 11.8 Å². The Hall–Kier alpha value is -2.33. The van der Waals surface area contributed by atoms with Gasteiger partial charge >= 0.3 is 0 Å². The highest BCUT2D eigenvalue weighted by molar-refractivity contribution is 5.94. The fourth-order valence-corrected chi connectivity index (χ4v) is 3.34. The van der Waals surface area contributed by atoms with Crippen LogP contribution in [0.3, 0.4) is 0 Å². The van der Waals surface area contributed by atoms with Crippen LogP contribution in [0.25, 0.3) is 0 Å². The molecule has 1 amide bonds. The summed E-state index contributed by atoms with van der Waals surface area (Å²) in [7, 11) is 1.86. The first-order chi connectivity index (χ1) is 12.7. The SMILES string of the molecule is CCc1cccc(COc2ccc(N(C)C(=O)C3CCNCC3)cc2)c1. The normalized spacial score (nSPS) is 14.8. The van der Waals surface area contributed by atoms with E-state index in [1.54, 1.807) is 4.90 Å². The molecular weight excluding hydrogens is 324 g/mol. The molecule has 1 aliphatic heterocycles. The van der Waals surface area contributed by atoms with E-state index < -0.39 is 0 Å². The Labute approximate surface area is 156 Å². The second-order valence-electron chi connectivity index (χ2n) is 6.88. The van der Waals surface area contributed by atoms with Gasteiger partial charge in [0.1, 0.15) is 12.4 Å². The van der Waals surface area contributed by atoms with Crippen molar-refractivity contribution in [3.63, 3.8) is 0 Å². The van der Waals surface area contributed by atoms with Crippen molar-refractivity contribution in [2.24, 2.45) is 5.92 Å². The van der Waals surface area contributed by atoms with Crippen LogP contribution in [0.15, 0.2) is 48.5 Å². The molecule has 0 saturated carbocycles. The van der Waals surface area contributed by atoms with Crippen molar-refractivity contribution < 1.29 is 9.53 Å². The third-order valence-electron chi connectivity index (χ3n) is 5.05. The lowest BCUT2D eigenvalue weighted by Crippen LogP contribution is -2.39. The van der Waals surface area contributed by atoms with E-state index in [0.29, 0.717) is 6.61 Å². The minimum absolute atomic E-state index is 0.128. The molecule has 0 unspecified atom stereocenters. The first-order valence-electron chi connectivity index (χ1n) is 9.46. The van der Waals surface area contributed by atoms with Crippen LogP contribution in [0, 0.1) is 5.92 Å². The molecule has 1 heterocycles. The van der Waals surface area contributed by atoms with E-state index >= 15 is 0 Å². The molecule has 0 bridgehead atoms. The molecule has 1 N–H and O–H groups in total. The van der Waals surface area contributed by atoms with Gasteiger partial charge in [0.2, 0.25) is 5.91 Å². The van der Waals surface area contributed by atoms with Gasteiger partial charge in [-0.05, 0) is 67.7 Å². The molecule has 0 radical (unpaired) electrons. The summed E-state index contributed by atoms with van der Waals surface area (Å²) in [5.41, 5.74) is 3.40. The topological polar surface area (TPSA) is 41.6 Å². The van der Waals surface area contributed by atoms with Crippen molar-refractivity contribution in [2.45, 2.75) is 32.8 Å². The fourth-order valence-electron chi connectivity index (χ4n) is 3.34. The van der Waals surface area contributed by atoms with Crippen LogP contribution in [-0.4, -0.2) is 26.0 Å². The summed E-state index contributed by atoms with van der Waals surface area (Å²) >= 11 is 0. The smallest absolute Gasteiger partial charge is 0.229 e. The van der Waals surface area contributed by atoms with E-state index in [1.165, 1.54) is 11.1 Å². The summed E-state index contributed by atoms with van der Waals surface area (Å²) in [4.78, 5) is 14.4. The standard InChI is InChI=1S/C22H28N2O2/c1-3-17-5-4-6-18(15-17)16-26-21-9-7-20(8-10-21)24(2)22(25)19-11-13-23-14-12-19/h4-10,15,19,23H,3,11-14,16H2,1-2H3. The Morgan fingerprint density at radius 1 is 1.12 bits per heavy atom. The summed E-state index contributed by atoms with van der Waals surface area (Å²) < 4.78 is 5.89. The third kappa shape index (κ3) is 4.64. The van der Waals surface area contributed by atoms with Crippen LogP contribution in [-0.2, 0) is 17.8 Å². The number of nitrogens with zero attached hydrogens (tertiary/aromatic N) is 1. The number of hydrogen-bond acceptors (Lipinski definition) is 3. The van der Waals surface area contributed by atoms with Crippen molar-refractivity contribution in [3.8, 4) is 5.75 Å². The Bertz CT molecular complexity index is 721. The number of rotatable bonds is 6. The Morgan fingerprint density at radius 3 is 2.50 bits per heavy atom. The van der Waals surface area contributed by atoms with Crippen molar-refractivity contribution in [1.29, 1.82) is 0 Å². The van der Waals surface area contributed by atoms with E-state index in [0.717, 1.165) is 43.8 Å². The number of hydrogen-bond donors (Lipinski definition) is 1. The lowest BCUT2D eigenvalue weighted by atomic mass is 9.96. The van der Waals surface area contributed by atoms with Gasteiger partial charge in [-0.25, -0.2) is 0 Å². The molecule has 138 valence electrons. The molecule has 1 fully saturated rings. The van der Waals surface area contributed by atoms with Gasteiger partial charge in [0.15, 0.2) is 0 Å². The second-order valence-corrected chi connectivity index (χ2v) is 6.88. The second kappa shape index (κ2) is 8.86. The predicted octanol–water partition coefficient (Wildman–Crippen LogP) is 3.79. The van der Waals surface area contributed by atoms with Gasteiger partial charge in [0.05, 0.1) is 0 Å². The number of anilines is 1. The first-order valence-corrected chi connectivity index (χ1v) is 9.46. The largest absolute Gasteiger partial charge is 0.489 e. The highest BCUT2D eigenvalue weighted by Crippen LogP contribution is 2.23. The van der Waals surface area contributed by atoms with Gasteiger partial charge in [-0.2, -0.15) is 0 Å². The zero-order chi connectivity index (χ0) is 18.4. The van der Waals surface area contributed by atoms with Gasteiger partial charge in [-0.15, -0.1) is 0 Å². The predicted molar refractivity (Wildman–Crippen MR) is 106 cm³/mol. The molecule has 0 spiro atoms. The number of aryl methyl sites for hydroxylation is 1. The van der Waals surface area contributed by atoms with Gasteiger partial charge in [0, 0.05) is 18.7 Å². The molecule has 0 aromatic heterocycles. The number of piperidine rings is 1. The number of amides is 1. The Kier molecular flexibility index (Phi) is 6.29. The lowest BCUT2D eigenvalue weighted by Gasteiger charge is -2.27. The number of carbonyl (C=O) groups is 1. The molecule has 0 aliphatic carbocycles. The highest BCUT2D eigenvalue weighted by Gasteiger charge is 2.24. The third-order valence-corrected chi connectivity index (χ3v) is 5.05. The quantitative estimate of drug-likeness (QED) is 0.860. The number of ether oxygens (including phenoxy) is 1. The maximum atomic E-state index is 12.6. The minimum atomic E-state index is 0.128. The van der Waals surface area contributed by atoms with Gasteiger partial charge in [0.25, 0.3) is 0 Å². The number of nitrogens with one attached hydrogen (secondary N) is 1. The van der Waals surface area contributed by atoms with Crippen LogP contribution >= 0.6 is 0 Å². The fraction of sp³-hybridized carbons (Fsp3) is 0.409. The van der Waals surface area contributed by atoms with Crippen LogP contribution in [0.5, 0.6) is 5.75 Å². The summed E-state index contributed by atoms with van der Waals surface area (Å²) in [6.45, 7) is 4.56. The summed E-state index contributed by atoms with van der Waals surface area (Å²) in [6.07, 6.45) is 2.86. The molecule has 0 atom stereocenters. The van der Waals surface area contributed by atoms with Crippen molar-refractivity contribution in [3.05, 3.63) is 59.7 Å². The minimum Gasteiger partial charge on any atom is -0.489 e. The van der Waals surface area contributed by atoms with Crippen molar-refractivity contribution in [2.75, 3.05) is 25.0 Å². The van der Waals surface area contributed by atoms with Crippen LogP contribution < -0.4 is 15.0 Å². The van der Waals surface area contributed by atoms with Crippen LogP contribution in [0.4, 0.5) is 5.69 Å². The molecule has 1 saturated heterocycles. The van der Waals surface area contributed by atoms with Crippen molar-refractivity contribution in [1.82, 2.24) is 5.32 Å². The van der Waals surface area contributed by atoms with Crippen molar-refractivity contribution >= 4 is 11.6 Å². The average Bonchev–Trinajstić information content (AvgIpc) is 2.72. The molecule has 26 heavy (non-hydrogen) atoms. The molecule has 2 aromatic carbocycles. The maximum absolute atomic E-state index is 12.6. The maximum Gasteiger partial charge on any atom is 0.229 e. The van der Waals surface area contributed by atoms with E-state index in [4.69, 9.17) is 4.74 Å². The van der Waals surface area contributed by atoms with Gasteiger partial charge in [-0.3, -0.25) is 4.79 Å². The lowest BCUT2D eigenvalue weighted by molar-refractivity contribution is -0.122. The van der Waals surface area contributed by atoms with E-state index in [1.807, 2.05) is 31.3 Å². The summed E-state index contributed by atoms with van der Waals surface area (Å²) in [6, 6.07) is 16.2. The zero-order valence-electron chi connectivity index (χ0n) is 15.7. The molecule has 1 aliphatic rings. The first kappa shape index (κ1) is 18.5. The van der Waals surface area contributed by atoms with Gasteiger partial charge in [-0.1, -0.05) is 31.2 Å². The average molecular weight is 352 g/mol. The van der Waals surface area contributed by atoms with Gasteiger partial charge < -0.3 is 15.0 Å². The summed E-state index contributed by atoms with van der Waals surface area (Å²) in [5.74, 6) is 1.15. The Balaban J connectivity index is 1.58. The van der Waals surface area contributed by atoms with Crippen LogP contribution in [0.2, 0.25) is 0 Å². The molecule has 4 nitrogen and oxygen atoms in total. The number of benzene rings is 2. The summed E-state index contributed by atoms with van der Waals surface area (Å²) in [5, 5.41) is 3.30. The van der Waals surface area contributed by atoms with E-state index in [9.17, 15) is 4.79 Å². The monoisotopic (exact) mass is 352 g/mol. The Morgan fingerprint density at radius 2 is 1.81 bits per heavy atom.